The zero-order valence-electron chi connectivity index (χ0n) is 14.8. The van der Waals surface area contributed by atoms with Crippen molar-refractivity contribution in [2.45, 2.75) is 25.4 Å². The van der Waals surface area contributed by atoms with E-state index in [1.165, 1.54) is 4.90 Å². The van der Waals surface area contributed by atoms with Gasteiger partial charge in [-0.3, -0.25) is 4.40 Å². The van der Waals surface area contributed by atoms with E-state index in [0.717, 1.165) is 28.8 Å². The fourth-order valence-corrected chi connectivity index (χ4v) is 3.96. The Morgan fingerprint density at radius 3 is 2.89 bits per heavy atom. The van der Waals surface area contributed by atoms with Crippen LogP contribution in [-0.2, 0) is 0 Å². The molecule has 144 valence electrons. The molecule has 9 heteroatoms. The Kier molecular flexibility index (Phi) is 4.24. The number of likely N-dealkylation sites (tertiary alicyclic amines) is 1. The normalized spacial score (nSPS) is 20.7. The van der Waals surface area contributed by atoms with Crippen molar-refractivity contribution in [2.75, 3.05) is 19.6 Å². The van der Waals surface area contributed by atoms with Crippen molar-refractivity contribution in [3.63, 3.8) is 0 Å². The molecule has 1 aliphatic heterocycles. The van der Waals surface area contributed by atoms with Crippen LogP contribution in [0.15, 0.2) is 30.6 Å². The minimum Gasteiger partial charge on any atom is -0.360 e. The van der Waals surface area contributed by atoms with E-state index >= 15 is 0 Å². The quantitative estimate of drug-likeness (QED) is 0.731. The van der Waals surface area contributed by atoms with E-state index in [1.54, 1.807) is 0 Å². The number of carbonyl (C=O) groups excluding carboxylic acids is 1. The predicted molar refractivity (Wildman–Crippen MR) is 94.6 cm³/mol. The van der Waals surface area contributed by atoms with Crippen LogP contribution in [0.5, 0.6) is 0 Å². The number of hydrogen-bond acceptors (Lipinski definition) is 2. The lowest BCUT2D eigenvalue weighted by molar-refractivity contribution is -0.123. The molecule has 2 atom stereocenters. The standard InChI is InChI=1S/C18H20F3N5O/c1-2-11-8-25(17(27)24-10-18(19,20)21)9-12(11)15-7-23-16-4-3-13-14(26(15)16)5-6-22-13/h3-7,11-12,22H,2,8-10H2,1H3,(H,24,27)/t11-,12+/m1/s1. The van der Waals surface area contributed by atoms with Crippen molar-refractivity contribution in [2.24, 2.45) is 5.92 Å². The summed E-state index contributed by atoms with van der Waals surface area (Å²) in [4.78, 5) is 21.3. The number of pyridine rings is 1. The summed E-state index contributed by atoms with van der Waals surface area (Å²) in [6.45, 7) is 1.52. The van der Waals surface area contributed by atoms with Crippen molar-refractivity contribution >= 4 is 22.7 Å². The van der Waals surface area contributed by atoms with Gasteiger partial charge in [-0.05, 0) is 24.1 Å². The van der Waals surface area contributed by atoms with Gasteiger partial charge in [0, 0.05) is 37.1 Å². The molecular weight excluding hydrogens is 359 g/mol. The molecule has 0 aromatic carbocycles. The van der Waals surface area contributed by atoms with Crippen LogP contribution in [0.4, 0.5) is 18.0 Å². The molecule has 0 unspecified atom stereocenters. The van der Waals surface area contributed by atoms with Gasteiger partial charge in [-0.2, -0.15) is 13.2 Å². The average molecular weight is 379 g/mol. The second-order valence-corrected chi connectivity index (χ2v) is 6.94. The van der Waals surface area contributed by atoms with Gasteiger partial charge in [-0.15, -0.1) is 0 Å². The highest BCUT2D eigenvalue weighted by molar-refractivity contribution is 5.79. The van der Waals surface area contributed by atoms with E-state index in [1.807, 2.05) is 42.8 Å². The molecule has 1 aliphatic rings. The third-order valence-corrected chi connectivity index (χ3v) is 5.28. The van der Waals surface area contributed by atoms with E-state index in [2.05, 4.69) is 14.4 Å². The first-order valence-corrected chi connectivity index (χ1v) is 8.90. The van der Waals surface area contributed by atoms with Crippen molar-refractivity contribution < 1.29 is 18.0 Å². The lowest BCUT2D eigenvalue weighted by Crippen LogP contribution is -2.42. The largest absolute Gasteiger partial charge is 0.405 e. The molecule has 1 saturated heterocycles. The molecule has 4 heterocycles. The number of nitrogens with zero attached hydrogens (tertiary/aromatic N) is 3. The fourth-order valence-electron chi connectivity index (χ4n) is 3.96. The molecule has 2 N–H and O–H groups in total. The highest BCUT2D eigenvalue weighted by Crippen LogP contribution is 2.36. The maximum Gasteiger partial charge on any atom is 0.405 e. The number of aromatic amines is 1. The van der Waals surface area contributed by atoms with Crippen LogP contribution >= 0.6 is 0 Å². The molecule has 2 amide bonds. The zero-order valence-corrected chi connectivity index (χ0v) is 14.8. The van der Waals surface area contributed by atoms with Crippen LogP contribution in [0.25, 0.3) is 16.7 Å². The van der Waals surface area contributed by atoms with Gasteiger partial charge in [0.15, 0.2) is 0 Å². The van der Waals surface area contributed by atoms with Crippen LogP contribution < -0.4 is 5.32 Å². The molecule has 0 radical (unpaired) electrons. The number of rotatable bonds is 3. The first kappa shape index (κ1) is 17.7. The van der Waals surface area contributed by atoms with Crippen molar-refractivity contribution in [3.8, 4) is 0 Å². The van der Waals surface area contributed by atoms with Crippen LogP contribution in [0.3, 0.4) is 0 Å². The molecule has 4 rings (SSSR count). The molecule has 3 aromatic heterocycles. The number of hydrogen-bond donors (Lipinski definition) is 2. The third kappa shape index (κ3) is 3.22. The minimum absolute atomic E-state index is 0.0159. The van der Waals surface area contributed by atoms with Crippen LogP contribution in [0.2, 0.25) is 0 Å². The van der Waals surface area contributed by atoms with Crippen LogP contribution in [0, 0.1) is 5.92 Å². The lowest BCUT2D eigenvalue weighted by Gasteiger charge is -2.18. The van der Waals surface area contributed by atoms with Gasteiger partial charge in [0.2, 0.25) is 0 Å². The molecule has 3 aromatic rings. The van der Waals surface area contributed by atoms with E-state index in [-0.39, 0.29) is 11.8 Å². The average Bonchev–Trinajstić information content (AvgIpc) is 3.33. The number of imidazole rings is 1. The van der Waals surface area contributed by atoms with Gasteiger partial charge >= 0.3 is 12.2 Å². The smallest absolute Gasteiger partial charge is 0.360 e. The minimum atomic E-state index is -4.42. The van der Waals surface area contributed by atoms with Gasteiger partial charge in [0.25, 0.3) is 0 Å². The number of fused-ring (bicyclic) bond motifs is 3. The van der Waals surface area contributed by atoms with Gasteiger partial charge in [0.05, 0.1) is 11.0 Å². The summed E-state index contributed by atoms with van der Waals surface area (Å²) < 4.78 is 39.2. The second-order valence-electron chi connectivity index (χ2n) is 6.94. The fraction of sp³-hybridized carbons (Fsp3) is 0.444. The topological polar surface area (TPSA) is 65.4 Å². The number of amides is 2. The summed E-state index contributed by atoms with van der Waals surface area (Å²) >= 11 is 0. The molecule has 1 fully saturated rings. The maximum atomic E-state index is 12.4. The van der Waals surface area contributed by atoms with Gasteiger partial charge < -0.3 is 15.2 Å². The molecular formula is C18H20F3N5O. The van der Waals surface area contributed by atoms with Gasteiger partial charge in [-0.1, -0.05) is 13.3 Å². The van der Waals surface area contributed by atoms with E-state index < -0.39 is 18.8 Å². The third-order valence-electron chi connectivity index (χ3n) is 5.28. The summed E-state index contributed by atoms with van der Waals surface area (Å²) in [5, 5.41) is 1.97. The Morgan fingerprint density at radius 1 is 1.33 bits per heavy atom. The zero-order chi connectivity index (χ0) is 19.2. The number of H-pyrrole nitrogens is 1. The Morgan fingerprint density at radius 2 is 2.15 bits per heavy atom. The molecule has 27 heavy (non-hydrogen) atoms. The first-order valence-electron chi connectivity index (χ1n) is 8.90. The van der Waals surface area contributed by atoms with Gasteiger partial charge in [-0.25, -0.2) is 9.78 Å². The number of nitrogens with one attached hydrogen (secondary N) is 2. The summed E-state index contributed by atoms with van der Waals surface area (Å²) in [6.07, 6.45) is 0.0769. The molecule has 6 nitrogen and oxygen atoms in total. The number of urea groups is 1. The van der Waals surface area contributed by atoms with Crippen molar-refractivity contribution in [1.29, 1.82) is 0 Å². The summed E-state index contributed by atoms with van der Waals surface area (Å²) in [7, 11) is 0. The Labute approximate surface area is 153 Å². The maximum absolute atomic E-state index is 12.4. The highest BCUT2D eigenvalue weighted by Gasteiger charge is 2.38. The Bertz CT molecular complexity index is 976. The molecule has 0 saturated carbocycles. The number of carbonyl (C=O) groups is 1. The van der Waals surface area contributed by atoms with Gasteiger partial charge in [0.1, 0.15) is 12.2 Å². The Balaban J connectivity index is 1.63. The van der Waals surface area contributed by atoms with Crippen molar-refractivity contribution in [1.82, 2.24) is 24.6 Å². The highest BCUT2D eigenvalue weighted by atomic mass is 19.4. The lowest BCUT2D eigenvalue weighted by atomic mass is 9.91. The molecule has 0 spiro atoms. The van der Waals surface area contributed by atoms with Crippen LogP contribution in [0.1, 0.15) is 25.0 Å². The monoisotopic (exact) mass is 379 g/mol. The number of aromatic nitrogens is 3. The molecule has 0 aliphatic carbocycles. The summed E-state index contributed by atoms with van der Waals surface area (Å²) in [5.41, 5.74) is 3.77. The number of halogens is 3. The number of alkyl halides is 3. The summed E-state index contributed by atoms with van der Waals surface area (Å²) in [5.74, 6) is 0.179. The van der Waals surface area contributed by atoms with E-state index in [9.17, 15) is 18.0 Å². The Hall–Kier alpha value is -2.71. The second kappa shape index (κ2) is 6.47. The predicted octanol–water partition coefficient (Wildman–Crippen LogP) is 3.51. The molecule has 0 bridgehead atoms. The summed E-state index contributed by atoms with van der Waals surface area (Å²) in [6, 6.07) is 5.18. The first-order chi connectivity index (χ1) is 12.9. The SMILES string of the molecule is CC[C@@H]1CN(C(=O)NCC(F)(F)F)C[C@@H]1c1cnc2ccc3[nH]ccc3n12. The van der Waals surface area contributed by atoms with E-state index in [0.29, 0.717) is 13.1 Å². The van der Waals surface area contributed by atoms with E-state index in [4.69, 9.17) is 0 Å². The van der Waals surface area contributed by atoms with Crippen molar-refractivity contribution in [3.05, 3.63) is 36.3 Å². The van der Waals surface area contributed by atoms with Crippen LogP contribution in [-0.4, -0.2) is 51.1 Å².